The zero-order valence-corrected chi connectivity index (χ0v) is 11.8. The molecule has 1 aromatic rings. The molecule has 0 heterocycles. The van der Waals surface area contributed by atoms with E-state index in [0.717, 1.165) is 0 Å². The molecule has 3 N–H and O–H groups in total. The highest BCUT2D eigenvalue weighted by molar-refractivity contribution is 5.98. The van der Waals surface area contributed by atoms with Crippen molar-refractivity contribution < 1.29 is 14.5 Å². The number of hydrogen-bond donors (Lipinski definition) is 2. The summed E-state index contributed by atoms with van der Waals surface area (Å²) in [5, 5.41) is 13.5. The van der Waals surface area contributed by atoms with Crippen molar-refractivity contribution in [2.75, 3.05) is 13.7 Å². The van der Waals surface area contributed by atoms with Crippen LogP contribution in [0.5, 0.6) is 5.75 Å². The fourth-order valence-electron chi connectivity index (χ4n) is 1.60. The molecule has 0 saturated carbocycles. The van der Waals surface area contributed by atoms with Gasteiger partial charge in [-0.2, -0.15) is 0 Å². The first-order valence-electron chi connectivity index (χ1n) is 6.23. The maximum absolute atomic E-state index is 12.1. The minimum Gasteiger partial charge on any atom is -0.490 e. The van der Waals surface area contributed by atoms with Crippen LogP contribution in [0.1, 0.15) is 24.2 Å². The smallest absolute Gasteiger partial charge is 0.311 e. The molecule has 0 radical (unpaired) electrons. The molecular formula is C13H19N3O4. The largest absolute Gasteiger partial charge is 0.490 e. The lowest BCUT2D eigenvalue weighted by molar-refractivity contribution is -0.385. The maximum Gasteiger partial charge on any atom is 0.311 e. The number of benzene rings is 1. The Morgan fingerprint density at radius 1 is 1.50 bits per heavy atom. The lowest BCUT2D eigenvalue weighted by atomic mass is 10.1. The third-order valence-corrected chi connectivity index (χ3v) is 2.99. The van der Waals surface area contributed by atoms with E-state index in [4.69, 9.17) is 10.5 Å². The number of methoxy groups -OCH3 is 1. The summed E-state index contributed by atoms with van der Waals surface area (Å²) in [4.78, 5) is 22.4. The number of carbonyl (C=O) groups is 1. The topological polar surface area (TPSA) is 107 Å². The van der Waals surface area contributed by atoms with Crippen LogP contribution in [0.25, 0.3) is 0 Å². The van der Waals surface area contributed by atoms with Crippen molar-refractivity contribution in [3.05, 3.63) is 33.9 Å². The van der Waals surface area contributed by atoms with Crippen LogP contribution in [0.2, 0.25) is 0 Å². The highest BCUT2D eigenvalue weighted by atomic mass is 16.6. The molecule has 20 heavy (non-hydrogen) atoms. The van der Waals surface area contributed by atoms with Crippen LogP contribution >= 0.6 is 0 Å². The van der Waals surface area contributed by atoms with Gasteiger partial charge in [-0.3, -0.25) is 14.9 Å². The van der Waals surface area contributed by atoms with E-state index >= 15 is 0 Å². The van der Waals surface area contributed by atoms with Gasteiger partial charge in [0.15, 0.2) is 0 Å². The minimum absolute atomic E-state index is 0.0480. The zero-order chi connectivity index (χ0) is 15.3. The Balaban J connectivity index is 2.93. The van der Waals surface area contributed by atoms with Crippen LogP contribution in [0.4, 0.5) is 5.69 Å². The molecule has 0 aliphatic rings. The van der Waals surface area contributed by atoms with Crippen LogP contribution in [0, 0.1) is 16.0 Å². The number of ether oxygens (including phenoxy) is 1. The van der Waals surface area contributed by atoms with Gasteiger partial charge in [0.1, 0.15) is 0 Å². The fourth-order valence-corrected chi connectivity index (χ4v) is 1.60. The SMILES string of the molecule is COc1c(C(=O)NCC(N)C(C)C)cccc1[N+](=O)[O-]. The number of nitrogens with zero attached hydrogens (tertiary/aromatic N) is 1. The van der Waals surface area contributed by atoms with Crippen molar-refractivity contribution in [1.82, 2.24) is 5.32 Å². The van der Waals surface area contributed by atoms with Crippen molar-refractivity contribution in [3.63, 3.8) is 0 Å². The molecule has 110 valence electrons. The Labute approximate surface area is 117 Å². The van der Waals surface area contributed by atoms with Gasteiger partial charge >= 0.3 is 5.69 Å². The van der Waals surface area contributed by atoms with Crippen LogP contribution < -0.4 is 15.8 Å². The predicted octanol–water partition coefficient (Wildman–Crippen LogP) is 1.32. The monoisotopic (exact) mass is 281 g/mol. The number of nitro groups is 1. The molecule has 7 nitrogen and oxygen atoms in total. The maximum atomic E-state index is 12.1. The summed E-state index contributed by atoms with van der Waals surface area (Å²) in [6.45, 7) is 4.19. The highest BCUT2D eigenvalue weighted by Crippen LogP contribution is 2.30. The second-order valence-electron chi connectivity index (χ2n) is 4.73. The molecule has 0 saturated heterocycles. The average molecular weight is 281 g/mol. The van der Waals surface area contributed by atoms with Gasteiger partial charge < -0.3 is 15.8 Å². The first kappa shape index (κ1) is 15.9. The molecule has 1 unspecified atom stereocenters. The van der Waals surface area contributed by atoms with E-state index in [2.05, 4.69) is 5.32 Å². The van der Waals surface area contributed by atoms with Gasteiger partial charge in [-0.1, -0.05) is 19.9 Å². The molecule has 0 aromatic heterocycles. The van der Waals surface area contributed by atoms with Crippen molar-refractivity contribution in [2.45, 2.75) is 19.9 Å². The first-order chi connectivity index (χ1) is 9.38. The van der Waals surface area contributed by atoms with Gasteiger partial charge in [0.05, 0.1) is 17.6 Å². The summed E-state index contributed by atoms with van der Waals surface area (Å²) in [7, 11) is 1.29. The van der Waals surface area contributed by atoms with Crippen molar-refractivity contribution in [3.8, 4) is 5.75 Å². The molecule has 0 aliphatic heterocycles. The molecule has 1 atom stereocenters. The van der Waals surface area contributed by atoms with Gasteiger partial charge in [-0.15, -0.1) is 0 Å². The molecule has 1 aromatic carbocycles. The number of amides is 1. The normalized spacial score (nSPS) is 12.1. The fraction of sp³-hybridized carbons (Fsp3) is 0.462. The Morgan fingerprint density at radius 2 is 2.15 bits per heavy atom. The van der Waals surface area contributed by atoms with Gasteiger partial charge in [0, 0.05) is 18.7 Å². The lowest BCUT2D eigenvalue weighted by Crippen LogP contribution is -2.40. The zero-order valence-electron chi connectivity index (χ0n) is 11.8. The summed E-state index contributed by atoms with van der Waals surface area (Å²) < 4.78 is 4.98. The highest BCUT2D eigenvalue weighted by Gasteiger charge is 2.22. The summed E-state index contributed by atoms with van der Waals surface area (Å²) in [5.74, 6) is -0.267. The van der Waals surface area contributed by atoms with E-state index in [9.17, 15) is 14.9 Å². The molecular weight excluding hydrogens is 262 g/mol. The standard InChI is InChI=1S/C13H19N3O4/c1-8(2)10(14)7-15-13(17)9-5-4-6-11(16(18)19)12(9)20-3/h4-6,8,10H,7,14H2,1-3H3,(H,15,17). The summed E-state index contributed by atoms with van der Waals surface area (Å²) >= 11 is 0. The van der Waals surface area contributed by atoms with Crippen molar-refractivity contribution >= 4 is 11.6 Å². The van der Waals surface area contributed by atoms with E-state index in [-0.39, 0.29) is 29.0 Å². The van der Waals surface area contributed by atoms with E-state index in [0.29, 0.717) is 6.54 Å². The predicted molar refractivity (Wildman–Crippen MR) is 74.8 cm³/mol. The van der Waals surface area contributed by atoms with Crippen molar-refractivity contribution in [1.29, 1.82) is 0 Å². The van der Waals surface area contributed by atoms with E-state index in [1.807, 2.05) is 13.8 Å². The third-order valence-electron chi connectivity index (χ3n) is 2.99. The second-order valence-corrected chi connectivity index (χ2v) is 4.73. The molecule has 0 aliphatic carbocycles. The summed E-state index contributed by atoms with van der Waals surface area (Å²) in [6.07, 6.45) is 0. The number of carbonyl (C=O) groups excluding carboxylic acids is 1. The van der Waals surface area contributed by atoms with Crippen molar-refractivity contribution in [2.24, 2.45) is 11.7 Å². The second kappa shape index (κ2) is 6.85. The number of para-hydroxylation sites is 1. The lowest BCUT2D eigenvalue weighted by Gasteiger charge is -2.16. The number of nitro benzene ring substituents is 1. The average Bonchev–Trinajstić information content (AvgIpc) is 2.42. The Bertz CT molecular complexity index is 502. The molecule has 0 bridgehead atoms. The van der Waals surface area contributed by atoms with Crippen LogP contribution in [0.3, 0.4) is 0 Å². The summed E-state index contributed by atoms with van der Waals surface area (Å²) in [5.41, 5.74) is 5.72. The number of nitrogens with one attached hydrogen (secondary N) is 1. The van der Waals surface area contributed by atoms with Crippen LogP contribution in [0.15, 0.2) is 18.2 Å². The van der Waals surface area contributed by atoms with E-state index in [1.54, 1.807) is 0 Å². The summed E-state index contributed by atoms with van der Waals surface area (Å²) in [6, 6.07) is 4.03. The molecule has 1 amide bonds. The van der Waals surface area contributed by atoms with E-state index in [1.165, 1.54) is 25.3 Å². The molecule has 0 fully saturated rings. The molecule has 1 rings (SSSR count). The third kappa shape index (κ3) is 3.67. The van der Waals surface area contributed by atoms with Crippen LogP contribution in [-0.2, 0) is 0 Å². The minimum atomic E-state index is -0.588. The van der Waals surface area contributed by atoms with Gasteiger partial charge in [-0.25, -0.2) is 0 Å². The quantitative estimate of drug-likeness (QED) is 0.604. The molecule has 7 heteroatoms. The Hall–Kier alpha value is -2.15. The van der Waals surface area contributed by atoms with Gasteiger partial charge in [-0.05, 0) is 12.0 Å². The van der Waals surface area contributed by atoms with Gasteiger partial charge in [0.2, 0.25) is 5.75 Å². The van der Waals surface area contributed by atoms with Crippen LogP contribution in [-0.4, -0.2) is 30.5 Å². The number of nitrogens with two attached hydrogens (primary N) is 1. The Morgan fingerprint density at radius 3 is 2.65 bits per heavy atom. The van der Waals surface area contributed by atoms with Gasteiger partial charge in [0.25, 0.3) is 5.91 Å². The number of rotatable bonds is 6. The number of hydrogen-bond acceptors (Lipinski definition) is 5. The molecule has 0 spiro atoms. The Kier molecular flexibility index (Phi) is 5.45. The van der Waals surface area contributed by atoms with E-state index < -0.39 is 10.8 Å². The first-order valence-corrected chi connectivity index (χ1v) is 6.23.